The molecule has 4 heterocycles. The first-order valence-electron chi connectivity index (χ1n) is 19.3. The maximum atomic E-state index is 15.3. The van der Waals surface area contributed by atoms with E-state index < -0.39 is 46.8 Å². The Morgan fingerprint density at radius 3 is 2.41 bits per heavy atom. The number of amides is 4. The number of ketones is 1. The molecular weight excluding hydrogens is 772 g/mol. The highest BCUT2D eigenvalue weighted by Crippen LogP contribution is 2.65. The Morgan fingerprint density at radius 1 is 0.897 bits per heavy atom. The number of phenolic OH excluding ortho intramolecular Hbond substituents is 1. The van der Waals surface area contributed by atoms with Crippen LogP contribution in [0.3, 0.4) is 0 Å². The number of halogens is 1. The Hall–Kier alpha value is -5.91. The number of aryl methyl sites for hydroxylation is 2. The van der Waals surface area contributed by atoms with Crippen LogP contribution in [0.1, 0.15) is 54.1 Å². The largest absolute Gasteiger partial charge is 0.507 e. The fourth-order valence-electron chi connectivity index (χ4n) is 10.4. The first-order valence-corrected chi connectivity index (χ1v) is 20.5. The first kappa shape index (κ1) is 36.4. The number of rotatable bonds is 5. The summed E-state index contributed by atoms with van der Waals surface area (Å²) in [6.45, 7) is 5.26. The van der Waals surface area contributed by atoms with E-state index in [9.17, 15) is 19.5 Å². The lowest BCUT2D eigenvalue weighted by Crippen LogP contribution is -2.49. The molecule has 0 spiro atoms. The van der Waals surface area contributed by atoms with Crippen molar-refractivity contribution in [2.75, 3.05) is 9.80 Å². The second-order valence-corrected chi connectivity index (χ2v) is 17.7. The van der Waals surface area contributed by atoms with Crippen molar-refractivity contribution in [1.29, 1.82) is 0 Å². The minimum atomic E-state index is -1.37. The third kappa shape index (κ3) is 4.95. The van der Waals surface area contributed by atoms with Gasteiger partial charge in [-0.2, -0.15) is 5.10 Å². The predicted molar refractivity (Wildman–Crippen MR) is 223 cm³/mol. The molecule has 6 aromatic rings. The molecule has 290 valence electrons. The van der Waals surface area contributed by atoms with Crippen molar-refractivity contribution in [1.82, 2.24) is 9.78 Å². The fraction of sp³-hybridized carbons (Fsp3) is 0.261. The van der Waals surface area contributed by atoms with Crippen molar-refractivity contribution in [3.8, 4) is 16.3 Å². The van der Waals surface area contributed by atoms with Crippen LogP contribution in [0, 0.1) is 36.0 Å². The predicted octanol–water partition coefficient (Wildman–Crippen LogP) is 8.76. The van der Waals surface area contributed by atoms with Crippen molar-refractivity contribution < 1.29 is 29.1 Å². The van der Waals surface area contributed by atoms with Crippen LogP contribution in [-0.2, 0) is 26.2 Å². The SMILES string of the molecule is CC(=O)c1ccc(N2C(=O)[C@H]3[C@H](CC=C4[C@H]3C[C@H]3C(=O)N(c5cc(-c6sc7ccc(Cl)cc7c6C)nn5C)C(=O)[C@@]3(C)[C@H]4c3ccc4ccccc4c3O)C2=O)cc1. The number of aromatic nitrogens is 2. The molecule has 58 heavy (non-hydrogen) atoms. The van der Waals surface area contributed by atoms with Crippen molar-refractivity contribution in [3.63, 3.8) is 0 Å². The second-order valence-electron chi connectivity index (χ2n) is 16.2. The molecule has 0 unspecified atom stereocenters. The van der Waals surface area contributed by atoms with E-state index in [2.05, 4.69) is 0 Å². The molecule has 1 saturated carbocycles. The number of carbonyl (C=O) groups excluding carboxylic acids is 5. The molecule has 10 nitrogen and oxygen atoms in total. The van der Waals surface area contributed by atoms with Crippen LogP contribution in [0.15, 0.2) is 96.6 Å². The van der Waals surface area contributed by atoms with E-state index in [-0.39, 0.29) is 36.2 Å². The summed E-state index contributed by atoms with van der Waals surface area (Å²) in [5.74, 6) is -5.08. The van der Waals surface area contributed by atoms with E-state index in [0.717, 1.165) is 31.5 Å². The maximum absolute atomic E-state index is 15.3. The van der Waals surface area contributed by atoms with Gasteiger partial charge in [0.1, 0.15) is 17.3 Å². The van der Waals surface area contributed by atoms with Crippen LogP contribution in [0.5, 0.6) is 5.75 Å². The zero-order valence-electron chi connectivity index (χ0n) is 32.0. The molecule has 2 saturated heterocycles. The summed E-state index contributed by atoms with van der Waals surface area (Å²) < 4.78 is 2.59. The molecule has 4 aliphatic rings. The van der Waals surface area contributed by atoms with Crippen molar-refractivity contribution >= 4 is 84.7 Å². The molecule has 3 fully saturated rings. The zero-order chi connectivity index (χ0) is 40.5. The number of hydrogen-bond acceptors (Lipinski definition) is 8. The lowest BCUT2D eigenvalue weighted by Gasteiger charge is -2.49. The Kier molecular flexibility index (Phi) is 8.04. The molecule has 10 rings (SSSR count). The summed E-state index contributed by atoms with van der Waals surface area (Å²) in [4.78, 5) is 74.4. The molecule has 2 aliphatic heterocycles. The molecule has 4 amide bonds. The highest BCUT2D eigenvalue weighted by Gasteiger charge is 2.68. The number of anilines is 2. The van der Waals surface area contributed by atoms with Crippen LogP contribution in [0.4, 0.5) is 11.5 Å². The van der Waals surface area contributed by atoms with E-state index >= 15 is 9.59 Å². The molecule has 2 aromatic heterocycles. The van der Waals surface area contributed by atoms with Crippen LogP contribution in [-0.4, -0.2) is 44.3 Å². The van der Waals surface area contributed by atoms with Gasteiger partial charge in [0.05, 0.1) is 33.7 Å². The molecule has 4 aromatic carbocycles. The number of benzene rings is 4. The summed E-state index contributed by atoms with van der Waals surface area (Å²) in [5, 5.41) is 19.9. The topological polar surface area (TPSA) is 130 Å². The number of phenols is 1. The summed E-state index contributed by atoms with van der Waals surface area (Å²) in [7, 11) is 1.71. The van der Waals surface area contributed by atoms with Crippen molar-refractivity contribution in [2.24, 2.45) is 36.1 Å². The van der Waals surface area contributed by atoms with E-state index in [4.69, 9.17) is 16.7 Å². The third-order valence-electron chi connectivity index (χ3n) is 13.3. The van der Waals surface area contributed by atoms with Gasteiger partial charge in [-0.05, 0) is 98.3 Å². The number of fused-ring (bicyclic) bond motifs is 6. The third-order valence-corrected chi connectivity index (χ3v) is 14.8. The van der Waals surface area contributed by atoms with Gasteiger partial charge in [-0.15, -0.1) is 11.3 Å². The normalized spacial score (nSPS) is 25.4. The Balaban J connectivity index is 1.10. The number of nitrogens with zero attached hydrogens (tertiary/aromatic N) is 4. The lowest BCUT2D eigenvalue weighted by atomic mass is 9.51. The summed E-state index contributed by atoms with van der Waals surface area (Å²) in [6.07, 6.45) is 2.39. The van der Waals surface area contributed by atoms with Gasteiger partial charge in [0, 0.05) is 45.3 Å². The average Bonchev–Trinajstić information content (AvgIpc) is 3.88. The van der Waals surface area contributed by atoms with Crippen LogP contribution >= 0.6 is 22.9 Å². The number of imide groups is 2. The number of hydrogen-bond donors (Lipinski definition) is 1. The Morgan fingerprint density at radius 2 is 1.66 bits per heavy atom. The van der Waals surface area contributed by atoms with Crippen molar-refractivity contribution in [2.45, 2.75) is 39.5 Å². The lowest BCUT2D eigenvalue weighted by molar-refractivity contribution is -0.131. The Labute approximate surface area is 342 Å². The van der Waals surface area contributed by atoms with Crippen LogP contribution in [0.2, 0.25) is 5.02 Å². The maximum Gasteiger partial charge on any atom is 0.242 e. The van der Waals surface area contributed by atoms with Gasteiger partial charge in [0.15, 0.2) is 5.78 Å². The van der Waals surface area contributed by atoms with Gasteiger partial charge in [0.25, 0.3) is 0 Å². The molecule has 0 radical (unpaired) electrons. The van der Waals surface area contributed by atoms with E-state index in [1.54, 1.807) is 53.4 Å². The summed E-state index contributed by atoms with van der Waals surface area (Å²) in [6, 6.07) is 25.1. The number of Topliss-reactive ketones (excluding diaryl/α,β-unsaturated/α-hetero) is 1. The fourth-order valence-corrected chi connectivity index (χ4v) is 11.7. The van der Waals surface area contributed by atoms with E-state index in [1.807, 2.05) is 74.5 Å². The standard InChI is InChI=1S/C46H37ClN4O6S/c1-22-32-19-26(47)12-18-36(32)58-41(22)35-21-37(49(4)48-35)51-43(55)34-20-33-29(39(46(34,3)45(51)57)31-15-11-25-7-5-6-8-28(25)40(31)53)16-17-30-38(33)44(56)50(42(30)54)27-13-9-24(10-14-27)23(2)52/h5-16,18-19,21,30,33-34,38-39,53H,17,20H2,1-4H3/t30-,33+,34-,38-,39+,46+/m0/s1. The Bertz CT molecular complexity index is 2880. The van der Waals surface area contributed by atoms with E-state index in [0.29, 0.717) is 38.7 Å². The van der Waals surface area contributed by atoms with E-state index in [1.165, 1.54) is 16.7 Å². The first-order chi connectivity index (χ1) is 27.8. The van der Waals surface area contributed by atoms with Gasteiger partial charge in [-0.25, -0.2) is 4.90 Å². The van der Waals surface area contributed by atoms with Crippen LogP contribution in [0.25, 0.3) is 31.4 Å². The number of allylic oxidation sites excluding steroid dienone is 2. The molecular formula is C46H37ClN4O6S. The number of carbonyl (C=O) groups is 5. The molecule has 0 bridgehead atoms. The monoisotopic (exact) mass is 808 g/mol. The van der Waals surface area contributed by atoms with Gasteiger partial charge in [0.2, 0.25) is 23.6 Å². The smallest absolute Gasteiger partial charge is 0.242 e. The van der Waals surface area contributed by atoms with Gasteiger partial charge >= 0.3 is 0 Å². The van der Waals surface area contributed by atoms with Crippen LogP contribution < -0.4 is 9.80 Å². The summed E-state index contributed by atoms with van der Waals surface area (Å²) in [5.41, 5.74) is 2.34. The van der Waals surface area contributed by atoms with Gasteiger partial charge in [-0.3, -0.25) is 33.6 Å². The highest BCUT2D eigenvalue weighted by atomic mass is 35.5. The minimum Gasteiger partial charge on any atom is -0.507 e. The number of aromatic hydroxyl groups is 1. The molecule has 2 aliphatic carbocycles. The van der Waals surface area contributed by atoms with Gasteiger partial charge in [-0.1, -0.05) is 59.6 Å². The highest BCUT2D eigenvalue weighted by molar-refractivity contribution is 7.22. The molecule has 1 N–H and O–H groups in total. The molecule has 12 heteroatoms. The zero-order valence-corrected chi connectivity index (χ0v) is 33.6. The average molecular weight is 809 g/mol. The second kappa shape index (κ2) is 12.8. The quantitative estimate of drug-likeness (QED) is 0.105. The minimum absolute atomic E-state index is 0.00891. The van der Waals surface area contributed by atoms with Crippen molar-refractivity contribution in [3.05, 3.63) is 118 Å². The summed E-state index contributed by atoms with van der Waals surface area (Å²) >= 11 is 7.89. The number of thiophene rings is 1. The molecule has 6 atom stereocenters. The van der Waals surface area contributed by atoms with Gasteiger partial charge < -0.3 is 5.11 Å².